The summed E-state index contributed by atoms with van der Waals surface area (Å²) in [7, 11) is 0. The van der Waals surface area contributed by atoms with Crippen LogP contribution < -0.4 is 14.9 Å². The first-order valence-electron chi connectivity index (χ1n) is 13.1. The zero-order chi connectivity index (χ0) is 30.0. The number of halogens is 4. The molecule has 0 saturated carbocycles. The maximum Gasteiger partial charge on any atom is 0.416 e. The summed E-state index contributed by atoms with van der Waals surface area (Å²) in [5, 5.41) is 7.58. The van der Waals surface area contributed by atoms with Crippen LogP contribution in [0.25, 0.3) is 5.69 Å². The van der Waals surface area contributed by atoms with Gasteiger partial charge in [-0.2, -0.15) is 18.3 Å². The van der Waals surface area contributed by atoms with Crippen LogP contribution in [0.4, 0.5) is 23.4 Å². The lowest BCUT2D eigenvalue weighted by Crippen LogP contribution is -2.55. The molecule has 2 N–H and O–H groups in total. The molecule has 0 saturated heterocycles. The highest BCUT2D eigenvalue weighted by Gasteiger charge is 2.46. The zero-order valence-electron chi connectivity index (χ0n) is 22.7. The van der Waals surface area contributed by atoms with E-state index >= 15 is 0 Å². The number of nitrogens with one attached hydrogen (secondary N) is 2. The highest BCUT2D eigenvalue weighted by molar-refractivity contribution is 7.96. The van der Waals surface area contributed by atoms with Crippen molar-refractivity contribution in [1.29, 1.82) is 0 Å². The largest absolute Gasteiger partial charge is 0.416 e. The Morgan fingerprint density at radius 2 is 1.74 bits per heavy atom. The Morgan fingerprint density at radius 1 is 1.02 bits per heavy atom. The highest BCUT2D eigenvalue weighted by Crippen LogP contribution is 2.44. The van der Waals surface area contributed by atoms with Crippen LogP contribution in [0.15, 0.2) is 78.9 Å². The molecule has 1 aliphatic rings. The third kappa shape index (κ3) is 5.64. The molecule has 1 aromatic heterocycles. The molecule has 5 rings (SSSR count). The smallest absolute Gasteiger partial charge is 0.339 e. The Balaban J connectivity index is 1.69. The number of para-hydroxylation sites is 1. The maximum atomic E-state index is 14.2. The summed E-state index contributed by atoms with van der Waals surface area (Å²) in [4.78, 5) is 29.1. The summed E-state index contributed by atoms with van der Waals surface area (Å²) < 4.78 is 59.0. The minimum Gasteiger partial charge on any atom is -0.339 e. The van der Waals surface area contributed by atoms with Crippen molar-refractivity contribution in [1.82, 2.24) is 19.8 Å². The molecule has 2 heterocycles. The first kappa shape index (κ1) is 29.3. The summed E-state index contributed by atoms with van der Waals surface area (Å²) in [6, 6.07) is 17.7. The van der Waals surface area contributed by atoms with Crippen LogP contribution in [0, 0.1) is 5.82 Å². The second kappa shape index (κ2) is 12.0. The number of alkyl halides is 3. The molecule has 4 aromatic rings. The van der Waals surface area contributed by atoms with Crippen molar-refractivity contribution < 1.29 is 27.2 Å². The van der Waals surface area contributed by atoms with E-state index in [9.17, 15) is 27.2 Å². The Labute approximate surface area is 244 Å². The molecule has 0 radical (unpaired) electrons. The standard InChI is InChI=1S/C30H27F4N5O2S/c1-3-38-28-25(23(17-35-42-2)37-39(28)22-10-5-4-6-11-22)24(18-12-14-21(31)15-13-18)26(29(38)41)36-27(40)19-8-7-9-20(16-19)30(32,33)34/h4-16,24,26,35H,3,17H2,1-2H3,(H,36,40). The predicted molar refractivity (Wildman–Crippen MR) is 153 cm³/mol. The fourth-order valence-electron chi connectivity index (χ4n) is 5.19. The van der Waals surface area contributed by atoms with Gasteiger partial charge in [-0.05, 0) is 61.2 Å². The van der Waals surface area contributed by atoms with Crippen LogP contribution in [0.5, 0.6) is 0 Å². The molecule has 3 aromatic carbocycles. The summed E-state index contributed by atoms with van der Waals surface area (Å²) in [5.74, 6) is -2.11. The van der Waals surface area contributed by atoms with E-state index in [2.05, 4.69) is 10.0 Å². The van der Waals surface area contributed by atoms with Crippen molar-refractivity contribution in [3.63, 3.8) is 0 Å². The Morgan fingerprint density at radius 3 is 2.38 bits per heavy atom. The lowest BCUT2D eigenvalue weighted by atomic mass is 9.80. The number of nitrogens with zero attached hydrogens (tertiary/aromatic N) is 3. The Hall–Kier alpha value is -4.16. The van der Waals surface area contributed by atoms with E-state index in [0.717, 1.165) is 18.2 Å². The number of carbonyl (C=O) groups excluding carboxylic acids is 2. The average molecular weight is 598 g/mol. The molecule has 2 amide bonds. The first-order valence-corrected chi connectivity index (χ1v) is 14.3. The molecular weight excluding hydrogens is 570 g/mol. The number of hydrogen-bond donors (Lipinski definition) is 2. The molecule has 0 spiro atoms. The maximum absolute atomic E-state index is 14.2. The molecule has 218 valence electrons. The summed E-state index contributed by atoms with van der Waals surface area (Å²) in [6.45, 7) is 2.32. The van der Waals surface area contributed by atoms with Gasteiger partial charge in [-0.1, -0.05) is 48.3 Å². The minimum absolute atomic E-state index is 0.228. The second-order valence-electron chi connectivity index (χ2n) is 9.60. The second-order valence-corrected chi connectivity index (χ2v) is 10.3. The van der Waals surface area contributed by atoms with E-state index in [4.69, 9.17) is 5.10 Å². The third-order valence-corrected chi connectivity index (χ3v) is 7.51. The van der Waals surface area contributed by atoms with E-state index in [-0.39, 0.29) is 12.1 Å². The predicted octanol–water partition coefficient (Wildman–Crippen LogP) is 5.69. The lowest BCUT2D eigenvalue weighted by molar-refractivity contribution is -0.137. The van der Waals surface area contributed by atoms with Crippen LogP contribution in [-0.4, -0.2) is 40.4 Å². The quantitative estimate of drug-likeness (QED) is 0.202. The molecule has 7 nitrogen and oxygen atoms in total. The van der Waals surface area contributed by atoms with Gasteiger partial charge in [0.1, 0.15) is 17.7 Å². The van der Waals surface area contributed by atoms with Gasteiger partial charge in [-0.25, -0.2) is 9.07 Å². The van der Waals surface area contributed by atoms with Gasteiger partial charge < -0.3 is 5.32 Å². The van der Waals surface area contributed by atoms with E-state index in [1.807, 2.05) is 36.6 Å². The van der Waals surface area contributed by atoms with Crippen LogP contribution in [0.2, 0.25) is 0 Å². The fraction of sp³-hybridized carbons (Fsp3) is 0.233. The molecular formula is C30H27F4N5O2S. The number of fused-ring (bicyclic) bond motifs is 1. The summed E-state index contributed by atoms with van der Waals surface area (Å²) in [6.07, 6.45) is -2.79. The highest BCUT2D eigenvalue weighted by atomic mass is 32.2. The molecule has 42 heavy (non-hydrogen) atoms. The van der Waals surface area contributed by atoms with Gasteiger partial charge in [0.25, 0.3) is 11.8 Å². The number of hydrogen-bond acceptors (Lipinski definition) is 5. The number of anilines is 1. The van der Waals surface area contributed by atoms with E-state index in [1.54, 1.807) is 11.6 Å². The van der Waals surface area contributed by atoms with E-state index in [1.165, 1.54) is 47.2 Å². The number of likely N-dealkylation sites (N-methyl/N-ethyl adjacent to an activating group) is 1. The van der Waals surface area contributed by atoms with Crippen LogP contribution in [0.1, 0.15) is 45.6 Å². The van der Waals surface area contributed by atoms with Gasteiger partial charge in [0.2, 0.25) is 0 Å². The third-order valence-electron chi connectivity index (χ3n) is 7.07. The topological polar surface area (TPSA) is 79.3 Å². The van der Waals surface area contributed by atoms with Crippen molar-refractivity contribution in [3.05, 3.63) is 113 Å². The Bertz CT molecular complexity index is 1590. The van der Waals surface area contributed by atoms with Gasteiger partial charge >= 0.3 is 6.18 Å². The van der Waals surface area contributed by atoms with Crippen molar-refractivity contribution >= 4 is 29.6 Å². The van der Waals surface area contributed by atoms with E-state index < -0.39 is 41.3 Å². The molecule has 12 heteroatoms. The SMILES string of the molecule is CCN1C(=O)C(NC(=O)c2cccc(C(F)(F)F)c2)C(c2ccc(F)cc2)c2c(CNSC)nn(-c3ccccc3)c21. The molecule has 0 fully saturated rings. The number of carbonyl (C=O) groups is 2. The molecule has 2 atom stereocenters. The molecule has 2 unspecified atom stereocenters. The van der Waals surface area contributed by atoms with Gasteiger partial charge in [0.05, 0.1) is 23.5 Å². The normalized spacial score (nSPS) is 16.8. The van der Waals surface area contributed by atoms with Crippen molar-refractivity contribution in [2.24, 2.45) is 0 Å². The van der Waals surface area contributed by atoms with Gasteiger partial charge in [-0.15, -0.1) is 0 Å². The summed E-state index contributed by atoms with van der Waals surface area (Å²) >= 11 is 1.38. The van der Waals surface area contributed by atoms with Crippen molar-refractivity contribution in [2.45, 2.75) is 31.6 Å². The number of aromatic nitrogens is 2. The van der Waals surface area contributed by atoms with Gasteiger partial charge in [0, 0.05) is 23.6 Å². The van der Waals surface area contributed by atoms with Crippen LogP contribution in [0.3, 0.4) is 0 Å². The van der Waals surface area contributed by atoms with Gasteiger partial charge in [0.15, 0.2) is 0 Å². The molecule has 0 bridgehead atoms. The number of amides is 2. The van der Waals surface area contributed by atoms with Crippen molar-refractivity contribution in [2.75, 3.05) is 17.7 Å². The number of rotatable bonds is 8. The monoisotopic (exact) mass is 597 g/mol. The molecule has 1 aliphatic heterocycles. The number of benzene rings is 3. The Kier molecular flexibility index (Phi) is 8.37. The zero-order valence-corrected chi connectivity index (χ0v) is 23.5. The van der Waals surface area contributed by atoms with Crippen LogP contribution >= 0.6 is 11.9 Å². The van der Waals surface area contributed by atoms with E-state index in [0.29, 0.717) is 34.9 Å². The summed E-state index contributed by atoms with van der Waals surface area (Å²) in [5.41, 5.74) is 1.26. The van der Waals surface area contributed by atoms with Crippen molar-refractivity contribution in [3.8, 4) is 5.69 Å². The molecule has 0 aliphatic carbocycles. The first-order chi connectivity index (χ1) is 20.1. The minimum atomic E-state index is -4.65. The average Bonchev–Trinajstić information content (AvgIpc) is 3.36. The van der Waals surface area contributed by atoms with Crippen LogP contribution in [-0.2, 0) is 17.5 Å². The lowest BCUT2D eigenvalue weighted by Gasteiger charge is -2.38. The van der Waals surface area contributed by atoms with Gasteiger partial charge in [-0.3, -0.25) is 19.2 Å². The fourth-order valence-corrected chi connectivity index (χ4v) is 5.47.